The molecule has 1 aromatic rings. The smallest absolute Gasteiger partial charge is 0.266 e. The maximum absolute atomic E-state index is 12.1. The molecule has 0 aromatic heterocycles. The van der Waals surface area contributed by atoms with E-state index in [9.17, 15) is 8.42 Å². The highest BCUT2D eigenvalue weighted by Gasteiger charge is 2.33. The van der Waals surface area contributed by atoms with Gasteiger partial charge in [0.05, 0.1) is 11.5 Å². The summed E-state index contributed by atoms with van der Waals surface area (Å²) >= 11 is 0. The Morgan fingerprint density at radius 3 is 2.15 bits per heavy atom. The van der Waals surface area contributed by atoms with Crippen LogP contribution in [0.1, 0.15) is 58.4 Å². The topological polar surface area (TPSA) is 43.4 Å². The molecule has 0 amide bonds. The fourth-order valence-electron chi connectivity index (χ4n) is 2.08. The van der Waals surface area contributed by atoms with Crippen LogP contribution in [0, 0.1) is 18.4 Å². The zero-order valence-electron chi connectivity index (χ0n) is 17.2. The largest absolute Gasteiger partial charge is 0.296 e. The lowest BCUT2D eigenvalue weighted by molar-refractivity contribution is 0.306. The fourth-order valence-corrected chi connectivity index (χ4v) is 3.97. The lowest BCUT2D eigenvalue weighted by Crippen LogP contribution is -2.35. The summed E-state index contributed by atoms with van der Waals surface area (Å²) in [7, 11) is -5.12. The lowest BCUT2D eigenvalue weighted by Gasteiger charge is -2.31. The highest BCUT2D eigenvalue weighted by Crippen LogP contribution is 2.35. The first-order valence-electron chi connectivity index (χ1n) is 9.42. The fraction of sp³-hybridized carbons (Fsp3) is 0.619. The maximum Gasteiger partial charge on any atom is 0.296 e. The second kappa shape index (κ2) is 9.73. The van der Waals surface area contributed by atoms with Gasteiger partial charge in [0.2, 0.25) is 0 Å². The number of rotatable bonds is 8. The second-order valence-corrected chi connectivity index (χ2v) is 15.0. The Bertz CT molecular complexity index is 717. The van der Waals surface area contributed by atoms with E-state index in [1.807, 2.05) is 6.92 Å². The Labute approximate surface area is 161 Å². The van der Waals surface area contributed by atoms with Gasteiger partial charge in [0, 0.05) is 6.42 Å². The summed E-state index contributed by atoms with van der Waals surface area (Å²) in [6, 6.07) is 6.74. The van der Waals surface area contributed by atoms with Crippen LogP contribution in [0.2, 0.25) is 18.1 Å². The van der Waals surface area contributed by atoms with Gasteiger partial charge in [-0.1, -0.05) is 64.4 Å². The van der Waals surface area contributed by atoms with E-state index >= 15 is 0 Å². The zero-order valence-corrected chi connectivity index (χ0v) is 19.0. The van der Waals surface area contributed by atoms with Crippen LogP contribution in [0.4, 0.5) is 0 Å². The standard InChI is InChI=1S/C21H34O3SSi/c1-19-13-15-20(16-14-19)25(22,23)24-17-11-9-7-8-10-12-18-26(5,6)21(2,3)4/h13-16H,7-11,17H2,1-6H3. The van der Waals surface area contributed by atoms with Crippen molar-refractivity contribution < 1.29 is 12.6 Å². The van der Waals surface area contributed by atoms with Gasteiger partial charge in [0.15, 0.2) is 0 Å². The maximum atomic E-state index is 12.1. The van der Waals surface area contributed by atoms with Crippen LogP contribution in [-0.2, 0) is 14.3 Å². The minimum absolute atomic E-state index is 0.226. The van der Waals surface area contributed by atoms with E-state index in [-0.39, 0.29) is 11.5 Å². The lowest BCUT2D eigenvalue weighted by atomic mass is 10.1. The van der Waals surface area contributed by atoms with Gasteiger partial charge in [0.25, 0.3) is 10.1 Å². The van der Waals surface area contributed by atoms with Crippen molar-refractivity contribution in [1.29, 1.82) is 0 Å². The van der Waals surface area contributed by atoms with Crippen molar-refractivity contribution in [2.45, 2.75) is 82.8 Å². The minimum atomic E-state index is -3.63. The Balaban J connectivity index is 2.23. The molecule has 0 radical (unpaired) electrons. The van der Waals surface area contributed by atoms with Crippen molar-refractivity contribution in [2.75, 3.05) is 6.61 Å². The average Bonchev–Trinajstić information content (AvgIpc) is 2.52. The van der Waals surface area contributed by atoms with Crippen LogP contribution in [0.5, 0.6) is 0 Å². The predicted octanol–water partition coefficient (Wildman–Crippen LogP) is 5.70. The number of benzene rings is 1. The first kappa shape index (κ1) is 22.9. The van der Waals surface area contributed by atoms with Crippen LogP contribution >= 0.6 is 0 Å². The summed E-state index contributed by atoms with van der Waals surface area (Å²) in [5, 5.41) is 0.306. The summed E-state index contributed by atoms with van der Waals surface area (Å²) in [5.41, 5.74) is 4.56. The summed E-state index contributed by atoms with van der Waals surface area (Å²) in [6.45, 7) is 13.6. The SMILES string of the molecule is Cc1ccc(S(=O)(=O)OCCCCCCC#C[Si](C)(C)C(C)(C)C)cc1. The summed E-state index contributed by atoms with van der Waals surface area (Å²) in [4.78, 5) is 0.226. The van der Waals surface area contributed by atoms with E-state index in [0.717, 1.165) is 37.7 Å². The van der Waals surface area contributed by atoms with Gasteiger partial charge >= 0.3 is 0 Å². The molecule has 0 saturated carbocycles. The van der Waals surface area contributed by atoms with Crippen LogP contribution in [0.3, 0.4) is 0 Å². The molecular weight excluding hydrogens is 360 g/mol. The molecule has 0 saturated heterocycles. The Morgan fingerprint density at radius 2 is 1.58 bits per heavy atom. The van der Waals surface area contributed by atoms with Crippen molar-refractivity contribution in [2.24, 2.45) is 0 Å². The van der Waals surface area contributed by atoms with E-state index in [0.29, 0.717) is 5.04 Å². The third-order valence-electron chi connectivity index (χ3n) is 5.02. The van der Waals surface area contributed by atoms with Crippen molar-refractivity contribution in [3.63, 3.8) is 0 Å². The first-order chi connectivity index (χ1) is 12.0. The molecule has 0 aliphatic carbocycles. The van der Waals surface area contributed by atoms with Crippen molar-refractivity contribution in [3.05, 3.63) is 29.8 Å². The van der Waals surface area contributed by atoms with Crippen LogP contribution in [0.15, 0.2) is 29.2 Å². The predicted molar refractivity (Wildman–Crippen MR) is 112 cm³/mol. The van der Waals surface area contributed by atoms with E-state index in [1.54, 1.807) is 24.3 Å². The highest BCUT2D eigenvalue weighted by molar-refractivity contribution is 7.86. The molecule has 1 aromatic carbocycles. The Morgan fingerprint density at radius 1 is 1.00 bits per heavy atom. The molecule has 1 rings (SSSR count). The molecule has 0 aliphatic heterocycles. The summed E-state index contributed by atoms with van der Waals surface area (Å²) in [6.07, 6.45) is 4.76. The van der Waals surface area contributed by atoms with Crippen molar-refractivity contribution >= 4 is 18.2 Å². The quantitative estimate of drug-likeness (QED) is 0.246. The van der Waals surface area contributed by atoms with Crippen molar-refractivity contribution in [3.8, 4) is 11.5 Å². The molecule has 146 valence electrons. The summed E-state index contributed by atoms with van der Waals surface area (Å²) in [5.74, 6) is 3.36. The molecule has 0 fully saturated rings. The van der Waals surface area contributed by atoms with Gasteiger partial charge in [-0.15, -0.1) is 11.5 Å². The van der Waals surface area contributed by atoms with Gasteiger partial charge in [-0.3, -0.25) is 4.18 Å². The van der Waals surface area contributed by atoms with Gasteiger partial charge < -0.3 is 0 Å². The first-order valence-corrected chi connectivity index (χ1v) is 13.8. The molecule has 0 atom stereocenters. The third-order valence-corrected chi connectivity index (χ3v) is 10.9. The van der Waals surface area contributed by atoms with E-state index in [1.165, 1.54) is 0 Å². The number of hydrogen-bond acceptors (Lipinski definition) is 3. The van der Waals surface area contributed by atoms with E-state index in [2.05, 4.69) is 45.3 Å². The van der Waals surface area contributed by atoms with Gasteiger partial charge in [0.1, 0.15) is 8.07 Å². The highest BCUT2D eigenvalue weighted by atomic mass is 32.2. The molecule has 0 aliphatic rings. The monoisotopic (exact) mass is 394 g/mol. The van der Waals surface area contributed by atoms with Crippen LogP contribution in [0.25, 0.3) is 0 Å². The molecule has 5 heteroatoms. The normalized spacial score (nSPS) is 12.5. The molecule has 3 nitrogen and oxygen atoms in total. The van der Waals surface area contributed by atoms with Gasteiger partial charge in [-0.2, -0.15) is 8.42 Å². The number of unbranched alkanes of at least 4 members (excludes halogenated alkanes) is 4. The van der Waals surface area contributed by atoms with Crippen molar-refractivity contribution in [1.82, 2.24) is 0 Å². The molecule has 26 heavy (non-hydrogen) atoms. The number of aryl methyl sites for hydroxylation is 1. The zero-order chi connectivity index (χ0) is 19.8. The minimum Gasteiger partial charge on any atom is -0.266 e. The Kier molecular flexibility index (Phi) is 8.59. The molecule has 0 unspecified atom stereocenters. The third kappa shape index (κ3) is 7.65. The molecular formula is C21H34O3SSi. The van der Waals surface area contributed by atoms with Gasteiger partial charge in [-0.05, 0) is 36.9 Å². The van der Waals surface area contributed by atoms with Crippen LogP contribution < -0.4 is 0 Å². The van der Waals surface area contributed by atoms with Crippen LogP contribution in [-0.4, -0.2) is 23.1 Å². The molecule has 0 heterocycles. The number of hydrogen-bond donors (Lipinski definition) is 0. The molecule has 0 bridgehead atoms. The molecule has 0 spiro atoms. The van der Waals surface area contributed by atoms with E-state index in [4.69, 9.17) is 4.18 Å². The Hall–Kier alpha value is -1.09. The molecule has 0 N–H and O–H groups in total. The second-order valence-electron chi connectivity index (χ2n) is 8.43. The summed E-state index contributed by atoms with van der Waals surface area (Å²) < 4.78 is 29.2. The van der Waals surface area contributed by atoms with E-state index < -0.39 is 18.2 Å². The average molecular weight is 395 g/mol. The van der Waals surface area contributed by atoms with Gasteiger partial charge in [-0.25, -0.2) is 0 Å².